The summed E-state index contributed by atoms with van der Waals surface area (Å²) in [6.07, 6.45) is 3.44. The van der Waals surface area contributed by atoms with E-state index in [1.165, 1.54) is 17.5 Å². The summed E-state index contributed by atoms with van der Waals surface area (Å²) in [4.78, 5) is 10.8. The van der Waals surface area contributed by atoms with Crippen LogP contribution in [0.1, 0.15) is 17.5 Å². The van der Waals surface area contributed by atoms with Gasteiger partial charge < -0.3 is 15.2 Å². The minimum atomic E-state index is -0.895. The lowest BCUT2D eigenvalue weighted by Gasteiger charge is -2.13. The van der Waals surface area contributed by atoms with Gasteiger partial charge in [0.1, 0.15) is 18.4 Å². The molecule has 1 atom stereocenters. The number of carboxylic acids is 1. The first kappa shape index (κ1) is 11.9. The highest BCUT2D eigenvalue weighted by Gasteiger charge is 2.16. The molecule has 2 N–H and O–H groups in total. The molecule has 0 heterocycles. The molecule has 1 aromatic rings. The van der Waals surface area contributed by atoms with Crippen molar-refractivity contribution >= 4 is 5.97 Å². The fraction of sp³-hybridized carbons (Fsp3) is 0.462. The van der Waals surface area contributed by atoms with Gasteiger partial charge in [-0.25, -0.2) is 0 Å². The van der Waals surface area contributed by atoms with Gasteiger partial charge in [-0.1, -0.05) is 6.07 Å². The van der Waals surface area contributed by atoms with Gasteiger partial charge in [0.25, 0.3) is 0 Å². The summed E-state index contributed by atoms with van der Waals surface area (Å²) in [5, 5.41) is 11.6. The topological polar surface area (TPSA) is 58.6 Å². The molecule has 0 fully saturated rings. The molecular formula is C13H17NO3. The van der Waals surface area contributed by atoms with Crippen LogP contribution in [0.25, 0.3) is 0 Å². The smallest absolute Gasteiger partial charge is 0.324 e. The minimum absolute atomic E-state index is 0.143. The molecule has 92 valence electrons. The van der Waals surface area contributed by atoms with Crippen LogP contribution < -0.4 is 10.1 Å². The lowest BCUT2D eigenvalue weighted by molar-refractivity contribution is -0.140. The quantitative estimate of drug-likeness (QED) is 0.806. The summed E-state index contributed by atoms with van der Waals surface area (Å²) < 4.78 is 5.50. The molecule has 1 aliphatic rings. The highest BCUT2D eigenvalue weighted by atomic mass is 16.5. The number of benzene rings is 1. The van der Waals surface area contributed by atoms with Crippen LogP contribution in [0.15, 0.2) is 18.2 Å². The van der Waals surface area contributed by atoms with Gasteiger partial charge in [0.2, 0.25) is 0 Å². The molecule has 17 heavy (non-hydrogen) atoms. The Hall–Kier alpha value is -1.55. The van der Waals surface area contributed by atoms with Gasteiger partial charge in [0.15, 0.2) is 0 Å². The predicted octanol–water partition coefficient (Wildman–Crippen LogP) is 1.23. The van der Waals surface area contributed by atoms with Gasteiger partial charge in [0, 0.05) is 0 Å². The number of ether oxygens (including phenoxy) is 1. The molecule has 0 saturated heterocycles. The maximum atomic E-state index is 10.8. The number of likely N-dealkylation sites (N-methyl/N-ethyl adjacent to an activating group) is 1. The van der Waals surface area contributed by atoms with E-state index in [1.54, 1.807) is 7.05 Å². The molecule has 2 rings (SSSR count). The van der Waals surface area contributed by atoms with E-state index in [1.807, 2.05) is 12.1 Å². The Bertz CT molecular complexity index is 417. The molecular weight excluding hydrogens is 218 g/mol. The first-order valence-corrected chi connectivity index (χ1v) is 5.85. The van der Waals surface area contributed by atoms with Gasteiger partial charge in [0.05, 0.1) is 0 Å². The Balaban J connectivity index is 1.97. The normalized spacial score (nSPS) is 15.4. The summed E-state index contributed by atoms with van der Waals surface area (Å²) in [5.41, 5.74) is 2.72. The third-order valence-electron chi connectivity index (χ3n) is 3.13. The van der Waals surface area contributed by atoms with Crippen molar-refractivity contribution in [3.05, 3.63) is 29.3 Å². The first-order chi connectivity index (χ1) is 8.20. The van der Waals surface area contributed by atoms with E-state index in [4.69, 9.17) is 9.84 Å². The fourth-order valence-electron chi connectivity index (χ4n) is 2.10. The van der Waals surface area contributed by atoms with Crippen molar-refractivity contribution < 1.29 is 14.6 Å². The Morgan fingerprint density at radius 2 is 2.24 bits per heavy atom. The molecule has 0 spiro atoms. The van der Waals surface area contributed by atoms with Crippen molar-refractivity contribution in [2.45, 2.75) is 25.3 Å². The van der Waals surface area contributed by atoms with Crippen LogP contribution in [0.5, 0.6) is 5.75 Å². The summed E-state index contributed by atoms with van der Waals surface area (Å²) in [5.74, 6) is -0.138. The van der Waals surface area contributed by atoms with Crippen molar-refractivity contribution in [3.63, 3.8) is 0 Å². The number of rotatable bonds is 5. The van der Waals surface area contributed by atoms with Gasteiger partial charge >= 0.3 is 5.97 Å². The van der Waals surface area contributed by atoms with E-state index in [-0.39, 0.29) is 6.61 Å². The van der Waals surface area contributed by atoms with Crippen LogP contribution in [0.4, 0.5) is 0 Å². The summed E-state index contributed by atoms with van der Waals surface area (Å²) in [6.45, 7) is 0.143. The lowest BCUT2D eigenvalue weighted by Crippen LogP contribution is -2.39. The van der Waals surface area contributed by atoms with Crippen molar-refractivity contribution in [2.24, 2.45) is 0 Å². The van der Waals surface area contributed by atoms with E-state index in [9.17, 15) is 4.79 Å². The Labute approximate surface area is 101 Å². The number of nitrogens with one attached hydrogen (secondary N) is 1. The van der Waals surface area contributed by atoms with Crippen LogP contribution in [0, 0.1) is 0 Å². The van der Waals surface area contributed by atoms with Crippen molar-refractivity contribution in [3.8, 4) is 5.75 Å². The molecule has 1 aliphatic carbocycles. The molecule has 0 amide bonds. The van der Waals surface area contributed by atoms with Gasteiger partial charge in [-0.05, 0) is 49.6 Å². The zero-order valence-corrected chi connectivity index (χ0v) is 9.90. The molecule has 0 aromatic heterocycles. The molecule has 1 unspecified atom stereocenters. The third kappa shape index (κ3) is 2.77. The van der Waals surface area contributed by atoms with Crippen molar-refractivity contribution in [2.75, 3.05) is 13.7 Å². The van der Waals surface area contributed by atoms with E-state index < -0.39 is 12.0 Å². The molecule has 4 nitrogen and oxygen atoms in total. The second-order valence-corrected chi connectivity index (χ2v) is 4.27. The van der Waals surface area contributed by atoms with E-state index >= 15 is 0 Å². The molecule has 0 bridgehead atoms. The first-order valence-electron chi connectivity index (χ1n) is 5.85. The van der Waals surface area contributed by atoms with Crippen LogP contribution in [0.3, 0.4) is 0 Å². The highest BCUT2D eigenvalue weighted by Crippen LogP contribution is 2.25. The second-order valence-electron chi connectivity index (χ2n) is 4.27. The predicted molar refractivity (Wildman–Crippen MR) is 64.4 cm³/mol. The van der Waals surface area contributed by atoms with Gasteiger partial charge in [-0.3, -0.25) is 4.79 Å². The number of hydrogen-bond donors (Lipinski definition) is 2. The average molecular weight is 235 g/mol. The number of hydrogen-bond acceptors (Lipinski definition) is 3. The zero-order chi connectivity index (χ0) is 12.3. The highest BCUT2D eigenvalue weighted by molar-refractivity contribution is 5.73. The summed E-state index contributed by atoms with van der Waals surface area (Å²) in [6, 6.07) is 5.35. The minimum Gasteiger partial charge on any atom is -0.491 e. The largest absolute Gasteiger partial charge is 0.491 e. The fourth-order valence-corrected chi connectivity index (χ4v) is 2.10. The Morgan fingerprint density at radius 3 is 2.94 bits per heavy atom. The van der Waals surface area contributed by atoms with Crippen LogP contribution in [-0.2, 0) is 17.6 Å². The summed E-state index contributed by atoms with van der Waals surface area (Å²) >= 11 is 0. The molecule has 0 aliphatic heterocycles. The second kappa shape index (κ2) is 5.19. The maximum Gasteiger partial charge on any atom is 0.324 e. The number of fused-ring (bicyclic) bond motifs is 1. The van der Waals surface area contributed by atoms with E-state index in [2.05, 4.69) is 11.4 Å². The molecule has 0 saturated carbocycles. The molecule has 1 aromatic carbocycles. The zero-order valence-electron chi connectivity index (χ0n) is 9.90. The maximum absolute atomic E-state index is 10.8. The van der Waals surface area contributed by atoms with Crippen LogP contribution >= 0.6 is 0 Å². The van der Waals surface area contributed by atoms with Gasteiger partial charge in [-0.15, -0.1) is 0 Å². The standard InChI is InChI=1S/C13H17NO3/c1-14-12(13(15)16)8-17-11-6-5-9-3-2-4-10(9)7-11/h5-7,12,14H,2-4,8H2,1H3,(H,15,16). The molecule has 4 heteroatoms. The summed E-state index contributed by atoms with van der Waals surface area (Å²) in [7, 11) is 1.62. The number of aliphatic carboxylic acids is 1. The van der Waals surface area contributed by atoms with Crippen molar-refractivity contribution in [1.82, 2.24) is 5.32 Å². The molecule has 0 radical (unpaired) electrons. The van der Waals surface area contributed by atoms with Crippen molar-refractivity contribution in [1.29, 1.82) is 0 Å². The monoisotopic (exact) mass is 235 g/mol. The Morgan fingerprint density at radius 1 is 1.47 bits per heavy atom. The number of aryl methyl sites for hydroxylation is 2. The van der Waals surface area contributed by atoms with Crippen LogP contribution in [-0.4, -0.2) is 30.8 Å². The van der Waals surface area contributed by atoms with Crippen LogP contribution in [0.2, 0.25) is 0 Å². The van der Waals surface area contributed by atoms with E-state index in [0.717, 1.165) is 18.6 Å². The number of carboxylic acid groups (broad SMARTS) is 1. The third-order valence-corrected chi connectivity index (χ3v) is 3.13. The average Bonchev–Trinajstić information content (AvgIpc) is 2.76. The number of carbonyl (C=O) groups is 1. The van der Waals surface area contributed by atoms with E-state index in [0.29, 0.717) is 0 Å². The van der Waals surface area contributed by atoms with Gasteiger partial charge in [-0.2, -0.15) is 0 Å². The Kier molecular flexibility index (Phi) is 3.64. The SMILES string of the molecule is CNC(COc1ccc2c(c1)CCC2)C(=O)O. The lowest BCUT2D eigenvalue weighted by atomic mass is 10.1.